The highest BCUT2D eigenvalue weighted by atomic mass is 15.1. The number of rotatable bonds is 6. The molecule has 0 atom stereocenters. The number of nitrogens with zero attached hydrogens (tertiary/aromatic N) is 2. The highest BCUT2D eigenvalue weighted by Gasteiger charge is 2.46. The van der Waals surface area contributed by atoms with Crippen LogP contribution in [0.25, 0.3) is 71.6 Å². The van der Waals surface area contributed by atoms with E-state index in [0.29, 0.717) is 0 Å². The van der Waals surface area contributed by atoms with Crippen molar-refractivity contribution >= 4 is 61.0 Å². The van der Waals surface area contributed by atoms with Gasteiger partial charge in [-0.1, -0.05) is 146 Å². The molecule has 4 aliphatic rings. The van der Waals surface area contributed by atoms with Gasteiger partial charge in [0.15, 0.2) is 0 Å². The Kier molecular flexibility index (Phi) is 8.42. The molecule has 3 heteroatoms. The van der Waals surface area contributed by atoms with Crippen molar-refractivity contribution in [1.29, 1.82) is 0 Å². The average molecular weight is 884 g/mol. The maximum absolute atomic E-state index is 4.01. The molecule has 328 valence electrons. The summed E-state index contributed by atoms with van der Waals surface area (Å²) in [6.07, 6.45) is 7.78. The molecule has 1 heterocycles. The molecule has 0 saturated heterocycles. The number of hydrogen-bond donors (Lipinski definition) is 1. The van der Waals surface area contributed by atoms with Crippen LogP contribution in [0.4, 0.5) is 28.4 Å². The van der Waals surface area contributed by atoms with Crippen molar-refractivity contribution in [3.05, 3.63) is 240 Å². The molecule has 1 spiro atoms. The number of fused-ring (bicyclic) bond motifs is 16. The molecule has 3 nitrogen and oxygen atoms in total. The lowest BCUT2D eigenvalue weighted by Crippen LogP contribution is -2.21. The molecule has 0 amide bonds. The van der Waals surface area contributed by atoms with Crippen molar-refractivity contribution in [1.82, 2.24) is 4.57 Å². The molecule has 10 aromatic carbocycles. The lowest BCUT2D eigenvalue weighted by Gasteiger charge is -2.31. The van der Waals surface area contributed by atoms with Gasteiger partial charge in [0.25, 0.3) is 0 Å². The second kappa shape index (κ2) is 14.9. The highest BCUT2D eigenvalue weighted by Crippen LogP contribution is 2.61. The van der Waals surface area contributed by atoms with Crippen LogP contribution in [0.3, 0.4) is 0 Å². The zero-order valence-electron chi connectivity index (χ0n) is 38.5. The van der Waals surface area contributed by atoms with E-state index in [9.17, 15) is 0 Å². The highest BCUT2D eigenvalue weighted by molar-refractivity contribution is 6.17. The van der Waals surface area contributed by atoms with Gasteiger partial charge in [-0.15, -0.1) is 0 Å². The summed E-state index contributed by atoms with van der Waals surface area (Å²) in [7, 11) is 0. The Morgan fingerprint density at radius 1 is 0.435 bits per heavy atom. The number of benzene rings is 10. The van der Waals surface area contributed by atoms with Crippen LogP contribution in [-0.2, 0) is 24.7 Å². The Balaban J connectivity index is 0.923. The number of para-hydroxylation sites is 2. The number of hydrogen-bond acceptors (Lipinski definition) is 2. The van der Waals surface area contributed by atoms with Gasteiger partial charge >= 0.3 is 0 Å². The van der Waals surface area contributed by atoms with Crippen molar-refractivity contribution in [2.24, 2.45) is 0 Å². The fourth-order valence-electron chi connectivity index (χ4n) is 13.4. The summed E-state index contributed by atoms with van der Waals surface area (Å²) in [6.45, 7) is 0. The molecule has 69 heavy (non-hydrogen) atoms. The Labute approximate surface area is 403 Å². The van der Waals surface area contributed by atoms with Gasteiger partial charge in [0, 0.05) is 50.0 Å². The minimum absolute atomic E-state index is 0.0821. The summed E-state index contributed by atoms with van der Waals surface area (Å²) >= 11 is 0. The van der Waals surface area contributed by atoms with Crippen molar-refractivity contribution in [3.8, 4) is 39.1 Å². The van der Waals surface area contributed by atoms with Gasteiger partial charge in [-0.25, -0.2) is 0 Å². The van der Waals surface area contributed by atoms with Crippen LogP contribution in [0.1, 0.15) is 59.1 Å². The second-order valence-corrected chi connectivity index (χ2v) is 19.9. The topological polar surface area (TPSA) is 20.2 Å². The number of aryl methyl sites for hydroxylation is 2. The predicted molar refractivity (Wildman–Crippen MR) is 288 cm³/mol. The van der Waals surface area contributed by atoms with Crippen LogP contribution in [0, 0.1) is 0 Å². The first-order chi connectivity index (χ1) is 34.2. The lowest BCUT2D eigenvalue weighted by molar-refractivity contribution is 0.550. The van der Waals surface area contributed by atoms with E-state index in [1.54, 1.807) is 0 Å². The summed E-state index contributed by atoms with van der Waals surface area (Å²) in [4.78, 5) is 2.59. The standard InChI is InChI=1S/C66H49N3/c1-2-17-47(18-3-1)69-61-24-11-10-23-57(61)65-62(25-14-26-63(65)69)68(48-30-33-52-44(39-48)28-27-42-15-4-6-19-50(42)52)49-31-34-56-58(40-49)66(35-12-13-36-66)59-41-60(54-21-8-9-22-55(54)64(56)59)67-46-29-32-53-45(38-46)37-43-16-5-7-20-51(43)53/h1-11,14-26,29-34,38-41,67H,12-13,27-28,35-37H2. The molecule has 11 aromatic rings. The van der Waals surface area contributed by atoms with Gasteiger partial charge in [0.05, 0.1) is 16.7 Å². The fraction of sp³-hybridized carbons (Fsp3) is 0.121. The Morgan fingerprint density at radius 3 is 1.93 bits per heavy atom. The van der Waals surface area contributed by atoms with E-state index in [-0.39, 0.29) is 5.41 Å². The quantitative estimate of drug-likeness (QED) is 0.180. The van der Waals surface area contributed by atoms with E-state index >= 15 is 0 Å². The molecule has 0 aliphatic heterocycles. The first-order valence-corrected chi connectivity index (χ1v) is 25.0. The van der Waals surface area contributed by atoms with Crippen LogP contribution >= 0.6 is 0 Å². The van der Waals surface area contributed by atoms with E-state index in [1.807, 2.05) is 0 Å². The van der Waals surface area contributed by atoms with E-state index in [2.05, 4.69) is 221 Å². The van der Waals surface area contributed by atoms with Gasteiger partial charge in [-0.05, 0) is 177 Å². The van der Waals surface area contributed by atoms with E-state index in [1.165, 1.54) is 141 Å². The number of aromatic nitrogens is 1. The largest absolute Gasteiger partial charge is 0.355 e. The third-order valence-electron chi connectivity index (χ3n) is 16.4. The SMILES string of the molecule is c1ccc(-n2c3ccccc3c3c(N(c4ccc5c(c4)CCc4ccccc4-5)c4ccc5c(c4)C4(CCCC4)c4cc(Nc6ccc7c(c6)Cc6ccccc6-7)c6ccccc6c4-5)cccc32)cc1. The summed E-state index contributed by atoms with van der Waals surface area (Å²) < 4.78 is 2.45. The van der Waals surface area contributed by atoms with E-state index in [4.69, 9.17) is 0 Å². The molecule has 15 rings (SSSR count). The van der Waals surface area contributed by atoms with Crippen LogP contribution in [-0.4, -0.2) is 4.57 Å². The molecule has 0 unspecified atom stereocenters. The van der Waals surface area contributed by atoms with Crippen molar-refractivity contribution in [2.45, 2.75) is 50.4 Å². The average Bonchev–Trinajstić information content (AvgIpc) is 4.19. The summed E-state index contributed by atoms with van der Waals surface area (Å²) in [6, 6.07) is 78.0. The maximum atomic E-state index is 4.01. The normalized spacial score (nSPS) is 14.7. The van der Waals surface area contributed by atoms with E-state index in [0.717, 1.165) is 37.8 Å². The van der Waals surface area contributed by atoms with Crippen molar-refractivity contribution in [2.75, 3.05) is 10.2 Å². The summed E-state index contributed by atoms with van der Waals surface area (Å²) in [5.41, 5.74) is 26.3. The molecule has 0 bridgehead atoms. The number of nitrogens with one attached hydrogen (secondary N) is 1. The molecule has 4 aliphatic carbocycles. The molecule has 1 fully saturated rings. The fourth-order valence-corrected chi connectivity index (χ4v) is 13.4. The molecule has 0 radical (unpaired) electrons. The van der Waals surface area contributed by atoms with Gasteiger partial charge in [0.2, 0.25) is 0 Å². The van der Waals surface area contributed by atoms with E-state index < -0.39 is 0 Å². The molecule has 1 aromatic heterocycles. The first-order valence-electron chi connectivity index (χ1n) is 25.0. The molecular weight excluding hydrogens is 835 g/mol. The third kappa shape index (κ3) is 5.74. The van der Waals surface area contributed by atoms with Crippen LogP contribution in [0.5, 0.6) is 0 Å². The zero-order chi connectivity index (χ0) is 45.2. The van der Waals surface area contributed by atoms with Crippen LogP contribution < -0.4 is 10.2 Å². The van der Waals surface area contributed by atoms with Crippen LogP contribution in [0.2, 0.25) is 0 Å². The maximum Gasteiger partial charge on any atom is 0.0562 e. The minimum atomic E-state index is -0.0821. The summed E-state index contributed by atoms with van der Waals surface area (Å²) in [5, 5.41) is 9.11. The second-order valence-electron chi connectivity index (χ2n) is 19.9. The monoisotopic (exact) mass is 883 g/mol. The van der Waals surface area contributed by atoms with Crippen molar-refractivity contribution in [3.63, 3.8) is 0 Å². The Morgan fingerprint density at radius 2 is 1.07 bits per heavy atom. The smallest absolute Gasteiger partial charge is 0.0562 e. The van der Waals surface area contributed by atoms with Gasteiger partial charge in [-0.3, -0.25) is 0 Å². The molecule has 1 saturated carbocycles. The summed E-state index contributed by atoms with van der Waals surface area (Å²) in [5.74, 6) is 0. The molecular formula is C66H49N3. The minimum Gasteiger partial charge on any atom is -0.355 e. The lowest BCUT2D eigenvalue weighted by atomic mass is 9.76. The third-order valence-corrected chi connectivity index (χ3v) is 16.4. The van der Waals surface area contributed by atoms with Gasteiger partial charge < -0.3 is 14.8 Å². The predicted octanol–water partition coefficient (Wildman–Crippen LogP) is 17.3. The Hall–Kier alpha value is -8.14. The Bertz CT molecular complexity index is 3920. The molecule has 1 N–H and O–H groups in total. The van der Waals surface area contributed by atoms with Crippen molar-refractivity contribution < 1.29 is 0 Å². The van der Waals surface area contributed by atoms with Gasteiger partial charge in [-0.2, -0.15) is 0 Å². The zero-order valence-corrected chi connectivity index (χ0v) is 38.5. The van der Waals surface area contributed by atoms with Gasteiger partial charge in [0.1, 0.15) is 0 Å². The first kappa shape index (κ1) is 38.9. The van der Waals surface area contributed by atoms with Crippen LogP contribution in [0.15, 0.2) is 206 Å². The number of anilines is 5.